The molecular weight excluding hydrogens is 496 g/mol. The average Bonchev–Trinajstić information content (AvgIpc) is 2.72. The highest BCUT2D eigenvalue weighted by molar-refractivity contribution is 9.11. The molecule has 1 N–H and O–H groups in total. The van der Waals surface area contributed by atoms with E-state index in [0.717, 1.165) is 36.9 Å². The van der Waals surface area contributed by atoms with Crippen LogP contribution >= 0.6 is 31.9 Å². The summed E-state index contributed by atoms with van der Waals surface area (Å²) in [6, 6.07) is 22.1. The number of hydrazone groups is 1. The summed E-state index contributed by atoms with van der Waals surface area (Å²) >= 11 is 6.90. The summed E-state index contributed by atoms with van der Waals surface area (Å²) in [7, 11) is 0. The molecule has 0 aliphatic heterocycles. The lowest BCUT2D eigenvalue weighted by molar-refractivity contribution is -0.123. The molecule has 4 nitrogen and oxygen atoms in total. The van der Waals surface area contributed by atoms with Crippen molar-refractivity contribution in [2.24, 2.45) is 5.10 Å². The van der Waals surface area contributed by atoms with E-state index in [0.29, 0.717) is 5.75 Å². The Balaban J connectivity index is 1.59. The second kappa shape index (κ2) is 9.85. The highest BCUT2D eigenvalue weighted by Gasteiger charge is 2.10. The van der Waals surface area contributed by atoms with Crippen LogP contribution in [0.25, 0.3) is 11.1 Å². The SMILES string of the molecule is C/C(=N\NC(=O)COc1c(Br)cc(C)cc1Br)c1ccc(-c2ccccc2)cc1. The van der Waals surface area contributed by atoms with Crippen molar-refractivity contribution in [3.05, 3.63) is 86.8 Å². The van der Waals surface area contributed by atoms with Crippen LogP contribution in [0.4, 0.5) is 0 Å². The number of nitrogens with one attached hydrogen (secondary N) is 1. The third kappa shape index (κ3) is 5.78. The molecule has 3 aromatic carbocycles. The number of halogens is 2. The van der Waals surface area contributed by atoms with E-state index in [1.807, 2.05) is 68.4 Å². The number of rotatable bonds is 6. The topological polar surface area (TPSA) is 50.7 Å². The van der Waals surface area contributed by atoms with E-state index < -0.39 is 0 Å². The third-order valence-corrected chi connectivity index (χ3v) is 5.43. The van der Waals surface area contributed by atoms with Crippen LogP contribution in [0.5, 0.6) is 5.75 Å². The Hall–Kier alpha value is -2.44. The number of hydrogen-bond donors (Lipinski definition) is 1. The fourth-order valence-corrected chi connectivity index (χ4v) is 4.38. The smallest absolute Gasteiger partial charge is 0.277 e. The fraction of sp³-hybridized carbons (Fsp3) is 0.130. The van der Waals surface area contributed by atoms with Gasteiger partial charge < -0.3 is 4.74 Å². The van der Waals surface area contributed by atoms with Gasteiger partial charge in [0.15, 0.2) is 6.61 Å². The number of benzene rings is 3. The van der Waals surface area contributed by atoms with Crippen LogP contribution in [0.2, 0.25) is 0 Å². The van der Waals surface area contributed by atoms with E-state index >= 15 is 0 Å². The molecule has 0 aliphatic rings. The maximum absolute atomic E-state index is 12.1. The summed E-state index contributed by atoms with van der Waals surface area (Å²) in [5.41, 5.74) is 7.57. The first-order chi connectivity index (χ1) is 13.9. The molecule has 0 heterocycles. The lowest BCUT2D eigenvalue weighted by Gasteiger charge is -2.10. The van der Waals surface area contributed by atoms with Gasteiger partial charge >= 0.3 is 0 Å². The third-order valence-electron chi connectivity index (χ3n) is 4.25. The maximum atomic E-state index is 12.1. The van der Waals surface area contributed by atoms with Crippen molar-refractivity contribution in [3.8, 4) is 16.9 Å². The monoisotopic (exact) mass is 514 g/mol. The van der Waals surface area contributed by atoms with Crippen molar-refractivity contribution in [2.75, 3.05) is 6.61 Å². The zero-order chi connectivity index (χ0) is 20.8. The van der Waals surface area contributed by atoms with Gasteiger partial charge in [-0.25, -0.2) is 5.43 Å². The number of amides is 1. The Labute approximate surface area is 187 Å². The molecule has 29 heavy (non-hydrogen) atoms. The minimum Gasteiger partial charge on any atom is -0.481 e. The van der Waals surface area contributed by atoms with E-state index in [9.17, 15) is 4.79 Å². The lowest BCUT2D eigenvalue weighted by atomic mass is 10.0. The van der Waals surface area contributed by atoms with Crippen molar-refractivity contribution in [3.63, 3.8) is 0 Å². The fourth-order valence-electron chi connectivity index (χ4n) is 2.74. The summed E-state index contributed by atoms with van der Waals surface area (Å²) in [4.78, 5) is 12.1. The second-order valence-electron chi connectivity index (χ2n) is 6.52. The molecule has 1 amide bonds. The van der Waals surface area contributed by atoms with Crippen molar-refractivity contribution < 1.29 is 9.53 Å². The van der Waals surface area contributed by atoms with Gasteiger partial charge in [-0.2, -0.15) is 5.10 Å². The van der Waals surface area contributed by atoms with Gasteiger partial charge in [-0.3, -0.25) is 4.79 Å². The molecule has 0 saturated heterocycles. The zero-order valence-electron chi connectivity index (χ0n) is 16.1. The maximum Gasteiger partial charge on any atom is 0.277 e. The van der Waals surface area contributed by atoms with Crippen molar-refractivity contribution in [2.45, 2.75) is 13.8 Å². The molecule has 3 aromatic rings. The highest BCUT2D eigenvalue weighted by atomic mass is 79.9. The van der Waals surface area contributed by atoms with E-state index in [-0.39, 0.29) is 12.5 Å². The minimum atomic E-state index is -0.329. The standard InChI is InChI=1S/C23H20Br2N2O2/c1-15-12-20(24)23(21(25)13-15)29-14-22(28)27-26-16(2)17-8-10-19(11-9-17)18-6-4-3-5-7-18/h3-13H,14H2,1-2H3,(H,27,28)/b26-16+. The Morgan fingerprint density at radius 3 is 2.17 bits per heavy atom. The largest absolute Gasteiger partial charge is 0.481 e. The summed E-state index contributed by atoms with van der Waals surface area (Å²) in [5.74, 6) is 0.257. The van der Waals surface area contributed by atoms with Gasteiger partial charge in [0.25, 0.3) is 5.91 Å². The number of carbonyl (C=O) groups excluding carboxylic acids is 1. The van der Waals surface area contributed by atoms with Gasteiger partial charge in [0.05, 0.1) is 14.7 Å². The lowest BCUT2D eigenvalue weighted by Crippen LogP contribution is -2.25. The number of hydrogen-bond acceptors (Lipinski definition) is 3. The Morgan fingerprint density at radius 1 is 0.966 bits per heavy atom. The van der Waals surface area contributed by atoms with Gasteiger partial charge in [0.2, 0.25) is 0 Å². The predicted octanol–water partition coefficient (Wildman–Crippen LogP) is 6.11. The molecule has 0 saturated carbocycles. The summed E-state index contributed by atoms with van der Waals surface area (Å²) < 4.78 is 7.19. The Morgan fingerprint density at radius 2 is 1.55 bits per heavy atom. The number of ether oxygens (including phenoxy) is 1. The Bertz CT molecular complexity index is 1010. The molecule has 148 valence electrons. The molecule has 0 atom stereocenters. The first-order valence-electron chi connectivity index (χ1n) is 9.01. The summed E-state index contributed by atoms with van der Waals surface area (Å²) in [6.45, 7) is 3.70. The van der Waals surface area contributed by atoms with E-state index in [4.69, 9.17) is 4.74 Å². The minimum absolute atomic E-state index is 0.135. The van der Waals surface area contributed by atoms with Gasteiger partial charge in [0, 0.05) is 0 Å². The van der Waals surface area contributed by atoms with Gasteiger partial charge in [-0.15, -0.1) is 0 Å². The second-order valence-corrected chi connectivity index (χ2v) is 8.23. The zero-order valence-corrected chi connectivity index (χ0v) is 19.2. The van der Waals surface area contributed by atoms with Crippen molar-refractivity contribution >= 4 is 43.5 Å². The first kappa shape index (κ1) is 21.3. The number of carbonyl (C=O) groups is 1. The molecule has 0 radical (unpaired) electrons. The van der Waals surface area contributed by atoms with E-state index in [2.05, 4.69) is 54.5 Å². The average molecular weight is 516 g/mol. The van der Waals surface area contributed by atoms with Crippen molar-refractivity contribution in [1.82, 2.24) is 5.43 Å². The quantitative estimate of drug-likeness (QED) is 0.318. The molecule has 0 bridgehead atoms. The molecular formula is C23H20Br2N2O2. The van der Waals surface area contributed by atoms with Gasteiger partial charge in [0.1, 0.15) is 5.75 Å². The molecule has 0 fully saturated rings. The predicted molar refractivity (Wildman–Crippen MR) is 124 cm³/mol. The van der Waals surface area contributed by atoms with Crippen LogP contribution in [0.1, 0.15) is 18.1 Å². The number of nitrogens with zero attached hydrogens (tertiary/aromatic N) is 1. The normalized spacial score (nSPS) is 11.2. The molecule has 6 heteroatoms. The molecule has 0 aliphatic carbocycles. The molecule has 0 aromatic heterocycles. The molecule has 3 rings (SSSR count). The van der Waals surface area contributed by atoms with Crippen LogP contribution in [0, 0.1) is 6.92 Å². The van der Waals surface area contributed by atoms with E-state index in [1.165, 1.54) is 0 Å². The van der Waals surface area contributed by atoms with Crippen LogP contribution in [0.3, 0.4) is 0 Å². The van der Waals surface area contributed by atoms with Crippen LogP contribution in [-0.2, 0) is 4.79 Å². The van der Waals surface area contributed by atoms with Gasteiger partial charge in [-0.05, 0) is 80.1 Å². The highest BCUT2D eigenvalue weighted by Crippen LogP contribution is 2.34. The molecule has 0 unspecified atom stereocenters. The number of aryl methyl sites for hydroxylation is 1. The van der Waals surface area contributed by atoms with Crippen LogP contribution in [0.15, 0.2) is 80.8 Å². The van der Waals surface area contributed by atoms with Crippen LogP contribution < -0.4 is 10.2 Å². The van der Waals surface area contributed by atoms with E-state index in [1.54, 1.807) is 0 Å². The van der Waals surface area contributed by atoms with Gasteiger partial charge in [-0.1, -0.05) is 54.6 Å². The molecule has 0 spiro atoms. The summed E-state index contributed by atoms with van der Waals surface area (Å²) in [5, 5.41) is 4.18. The first-order valence-corrected chi connectivity index (χ1v) is 10.6. The summed E-state index contributed by atoms with van der Waals surface area (Å²) in [6.07, 6.45) is 0. The van der Waals surface area contributed by atoms with Crippen molar-refractivity contribution in [1.29, 1.82) is 0 Å². The van der Waals surface area contributed by atoms with Crippen LogP contribution in [-0.4, -0.2) is 18.2 Å². The Kier molecular flexibility index (Phi) is 7.23.